The molecule has 22 heavy (non-hydrogen) atoms. The van der Waals surface area contributed by atoms with Gasteiger partial charge in [-0.2, -0.15) is 0 Å². The van der Waals surface area contributed by atoms with Crippen molar-refractivity contribution in [1.82, 2.24) is 20.2 Å². The molecule has 1 unspecified atom stereocenters. The van der Waals surface area contributed by atoms with E-state index < -0.39 is 0 Å². The maximum Gasteiger partial charge on any atom is 0.234 e. The Kier molecular flexibility index (Phi) is 9.14. The maximum absolute atomic E-state index is 12.1. The second-order valence-electron chi connectivity index (χ2n) is 5.71. The molecule has 1 amide bonds. The molecule has 1 aromatic heterocycles. The third-order valence-corrected chi connectivity index (χ3v) is 3.52. The highest BCUT2D eigenvalue weighted by molar-refractivity contribution is 5.78. The Morgan fingerprint density at radius 3 is 2.91 bits per heavy atom. The van der Waals surface area contributed by atoms with E-state index >= 15 is 0 Å². The van der Waals surface area contributed by atoms with Crippen LogP contribution in [0.15, 0.2) is 12.5 Å². The van der Waals surface area contributed by atoms with Gasteiger partial charge in [0.25, 0.3) is 0 Å². The molecule has 0 bridgehead atoms. The smallest absolute Gasteiger partial charge is 0.234 e. The number of carbonyl (C=O) groups is 2. The van der Waals surface area contributed by atoms with Crippen LogP contribution in [0.25, 0.3) is 0 Å². The number of aldehydes is 1. The lowest BCUT2D eigenvalue weighted by atomic mass is 10.2. The molecule has 0 fully saturated rings. The van der Waals surface area contributed by atoms with Gasteiger partial charge in [-0.05, 0) is 19.9 Å². The zero-order valence-electron chi connectivity index (χ0n) is 13.7. The van der Waals surface area contributed by atoms with Crippen molar-refractivity contribution in [2.45, 2.75) is 52.0 Å². The van der Waals surface area contributed by atoms with Crippen molar-refractivity contribution in [1.29, 1.82) is 0 Å². The number of carbonyl (C=O) groups excluding carboxylic acids is 2. The molecule has 124 valence electrons. The number of imidazole rings is 1. The van der Waals surface area contributed by atoms with E-state index in [1.165, 1.54) is 12.8 Å². The van der Waals surface area contributed by atoms with Gasteiger partial charge in [0, 0.05) is 24.4 Å². The lowest BCUT2D eigenvalue weighted by Gasteiger charge is -2.20. The van der Waals surface area contributed by atoms with Crippen LogP contribution in [0, 0.1) is 0 Å². The van der Waals surface area contributed by atoms with E-state index in [9.17, 15) is 9.59 Å². The van der Waals surface area contributed by atoms with Gasteiger partial charge in [0.2, 0.25) is 5.91 Å². The Hall–Kier alpha value is -1.69. The monoisotopic (exact) mass is 308 g/mol. The van der Waals surface area contributed by atoms with Crippen molar-refractivity contribution >= 4 is 12.2 Å². The number of nitrogens with zero attached hydrogens (tertiary/aromatic N) is 2. The van der Waals surface area contributed by atoms with Crippen LogP contribution in [0.5, 0.6) is 0 Å². The Labute approximate surface area is 132 Å². The number of hydrogen-bond donors (Lipinski definition) is 2. The van der Waals surface area contributed by atoms with E-state index in [1.807, 2.05) is 11.8 Å². The zero-order valence-corrected chi connectivity index (χ0v) is 13.7. The largest absolute Gasteiger partial charge is 0.352 e. The van der Waals surface area contributed by atoms with E-state index in [0.29, 0.717) is 6.54 Å². The normalized spacial score (nSPS) is 12.3. The van der Waals surface area contributed by atoms with Crippen molar-refractivity contribution in [2.24, 2.45) is 0 Å². The van der Waals surface area contributed by atoms with Gasteiger partial charge >= 0.3 is 0 Å². The summed E-state index contributed by atoms with van der Waals surface area (Å²) >= 11 is 0. The van der Waals surface area contributed by atoms with E-state index in [1.54, 1.807) is 12.5 Å². The highest BCUT2D eigenvalue weighted by Gasteiger charge is 2.13. The first-order valence-corrected chi connectivity index (χ1v) is 8.08. The van der Waals surface area contributed by atoms with Gasteiger partial charge in [-0.25, -0.2) is 4.98 Å². The summed E-state index contributed by atoms with van der Waals surface area (Å²) in [5.41, 5.74) is 0.997. The molecule has 6 heteroatoms. The Morgan fingerprint density at radius 1 is 1.45 bits per heavy atom. The number of rotatable bonds is 12. The number of nitrogens with one attached hydrogen (secondary N) is 2. The fourth-order valence-electron chi connectivity index (χ4n) is 2.40. The lowest BCUT2D eigenvalue weighted by Crippen LogP contribution is -2.42. The topological polar surface area (TPSA) is 78.1 Å². The van der Waals surface area contributed by atoms with Crippen LogP contribution in [0.4, 0.5) is 0 Å². The van der Waals surface area contributed by atoms with Crippen molar-refractivity contribution < 1.29 is 9.59 Å². The summed E-state index contributed by atoms with van der Waals surface area (Å²) < 4.78 is 0. The third-order valence-electron chi connectivity index (χ3n) is 3.52. The number of H-pyrrole nitrogens is 1. The summed E-state index contributed by atoms with van der Waals surface area (Å²) in [6.45, 7) is 5.51. The molecule has 0 saturated carbocycles. The third kappa shape index (κ3) is 7.93. The fourth-order valence-corrected chi connectivity index (χ4v) is 2.40. The Bertz CT molecular complexity index is 420. The molecule has 0 aliphatic carbocycles. The minimum Gasteiger partial charge on any atom is -0.352 e. The summed E-state index contributed by atoms with van der Waals surface area (Å²) in [7, 11) is 0. The first-order valence-electron chi connectivity index (χ1n) is 8.08. The molecule has 1 heterocycles. The second kappa shape index (κ2) is 11.0. The molecule has 0 spiro atoms. The summed E-state index contributed by atoms with van der Waals surface area (Å²) in [5, 5.41) is 2.96. The number of hydrogen-bond acceptors (Lipinski definition) is 4. The average molecular weight is 308 g/mol. The van der Waals surface area contributed by atoms with Gasteiger partial charge in [0.05, 0.1) is 19.4 Å². The SMILES string of the molecule is CCCCCCN(CC=O)CC(=O)NC(C)Cc1cnc[nH]1. The van der Waals surface area contributed by atoms with Crippen molar-refractivity contribution in [2.75, 3.05) is 19.6 Å². The first-order chi connectivity index (χ1) is 10.7. The van der Waals surface area contributed by atoms with Crippen LogP contribution < -0.4 is 5.32 Å². The molecule has 0 saturated heterocycles. The predicted molar refractivity (Wildman–Crippen MR) is 86.5 cm³/mol. The van der Waals surface area contributed by atoms with E-state index in [-0.39, 0.29) is 18.5 Å². The van der Waals surface area contributed by atoms with Crippen LogP contribution in [0.3, 0.4) is 0 Å². The minimum absolute atomic E-state index is 0.0334. The average Bonchev–Trinajstić information content (AvgIpc) is 2.96. The highest BCUT2D eigenvalue weighted by Crippen LogP contribution is 2.02. The lowest BCUT2D eigenvalue weighted by molar-refractivity contribution is -0.123. The Balaban J connectivity index is 2.30. The van der Waals surface area contributed by atoms with Crippen LogP contribution in [0.1, 0.15) is 45.2 Å². The molecule has 0 aliphatic rings. The summed E-state index contributed by atoms with van der Waals surface area (Å²) in [6, 6.07) is 0.0334. The van der Waals surface area contributed by atoms with Crippen LogP contribution in [-0.4, -0.2) is 52.7 Å². The molecule has 6 nitrogen and oxygen atoms in total. The molecule has 1 aromatic rings. The fraction of sp³-hybridized carbons (Fsp3) is 0.688. The first kappa shape index (κ1) is 18.4. The van der Waals surface area contributed by atoms with Gasteiger partial charge in [-0.1, -0.05) is 26.2 Å². The predicted octanol–water partition coefficient (Wildman–Crippen LogP) is 1.54. The molecule has 0 aromatic carbocycles. The zero-order chi connectivity index (χ0) is 16.2. The molecular weight excluding hydrogens is 280 g/mol. The number of aromatic nitrogens is 2. The Morgan fingerprint density at radius 2 is 2.27 bits per heavy atom. The van der Waals surface area contributed by atoms with Gasteiger partial charge in [0.15, 0.2) is 0 Å². The quantitative estimate of drug-likeness (QED) is 0.453. The van der Waals surface area contributed by atoms with E-state index in [0.717, 1.165) is 37.8 Å². The maximum atomic E-state index is 12.1. The molecular formula is C16H28N4O2. The molecule has 0 aliphatic heterocycles. The highest BCUT2D eigenvalue weighted by atomic mass is 16.2. The van der Waals surface area contributed by atoms with Gasteiger partial charge in [0.1, 0.15) is 6.29 Å². The number of aromatic amines is 1. The molecule has 1 rings (SSSR count). The summed E-state index contributed by atoms with van der Waals surface area (Å²) in [5.74, 6) is -0.0376. The van der Waals surface area contributed by atoms with Gasteiger partial charge < -0.3 is 15.1 Å². The number of amides is 1. The van der Waals surface area contributed by atoms with E-state index in [2.05, 4.69) is 22.2 Å². The second-order valence-corrected chi connectivity index (χ2v) is 5.71. The van der Waals surface area contributed by atoms with Crippen molar-refractivity contribution in [3.05, 3.63) is 18.2 Å². The van der Waals surface area contributed by atoms with Crippen LogP contribution in [0.2, 0.25) is 0 Å². The summed E-state index contributed by atoms with van der Waals surface area (Å²) in [6.07, 6.45) is 9.52. The standard InChI is InChI=1S/C16H28N4O2/c1-3-4-5-6-7-20(8-9-21)12-16(22)19-14(2)10-15-11-17-13-18-15/h9,11,13-14H,3-8,10,12H2,1-2H3,(H,17,18)(H,19,22). The number of unbranched alkanes of at least 4 members (excludes halogenated alkanes) is 3. The van der Waals surface area contributed by atoms with Crippen molar-refractivity contribution in [3.63, 3.8) is 0 Å². The van der Waals surface area contributed by atoms with Crippen molar-refractivity contribution in [3.8, 4) is 0 Å². The van der Waals surface area contributed by atoms with E-state index in [4.69, 9.17) is 0 Å². The van der Waals surface area contributed by atoms with Crippen LogP contribution in [-0.2, 0) is 16.0 Å². The summed E-state index contributed by atoms with van der Waals surface area (Å²) in [4.78, 5) is 31.7. The minimum atomic E-state index is -0.0376. The molecule has 1 atom stereocenters. The van der Waals surface area contributed by atoms with Crippen LogP contribution >= 0.6 is 0 Å². The molecule has 2 N–H and O–H groups in total. The molecule has 0 radical (unpaired) electrons. The van der Waals surface area contributed by atoms with Gasteiger partial charge in [-0.15, -0.1) is 0 Å². The van der Waals surface area contributed by atoms with Gasteiger partial charge in [-0.3, -0.25) is 9.69 Å².